The number of anilines is 1. The summed E-state index contributed by atoms with van der Waals surface area (Å²) in [5, 5.41) is 9.09. The Kier molecular flexibility index (Phi) is 3.71. The minimum absolute atomic E-state index is 0.0731. The Morgan fingerprint density at radius 2 is 2.28 bits per heavy atom. The fourth-order valence-electron chi connectivity index (χ4n) is 2.26. The minimum atomic E-state index is -1.12. The van der Waals surface area contributed by atoms with Crippen molar-refractivity contribution in [2.45, 2.75) is 32.7 Å². The van der Waals surface area contributed by atoms with Crippen LogP contribution >= 0.6 is 11.6 Å². The van der Waals surface area contributed by atoms with Crippen molar-refractivity contribution in [3.8, 4) is 0 Å². The predicted octanol–water partition coefficient (Wildman–Crippen LogP) is 2.45. The van der Waals surface area contributed by atoms with Crippen molar-refractivity contribution in [2.24, 2.45) is 5.92 Å². The van der Waals surface area contributed by atoms with E-state index in [1.165, 1.54) is 12.6 Å². The van der Waals surface area contributed by atoms with Gasteiger partial charge in [0.05, 0.1) is 11.2 Å². The third-order valence-corrected chi connectivity index (χ3v) is 3.84. The van der Waals surface area contributed by atoms with Crippen LogP contribution in [0.4, 0.5) is 5.95 Å². The third-order valence-electron chi connectivity index (χ3n) is 3.56. The van der Waals surface area contributed by atoms with E-state index in [0.717, 1.165) is 13.0 Å². The predicted molar refractivity (Wildman–Crippen MR) is 69.2 cm³/mol. The molecule has 5 nitrogen and oxygen atoms in total. The largest absolute Gasteiger partial charge is 0.476 e. The first-order valence-electron chi connectivity index (χ1n) is 6.03. The van der Waals surface area contributed by atoms with E-state index in [-0.39, 0.29) is 10.7 Å². The monoisotopic (exact) mass is 269 g/mol. The first kappa shape index (κ1) is 13.1. The number of carboxylic acid groups (broad SMARTS) is 1. The molecule has 0 saturated carbocycles. The van der Waals surface area contributed by atoms with Crippen molar-refractivity contribution in [3.05, 3.63) is 16.9 Å². The number of carboxylic acids is 1. The topological polar surface area (TPSA) is 66.3 Å². The Morgan fingerprint density at radius 3 is 2.94 bits per heavy atom. The average Bonchev–Trinajstić information content (AvgIpc) is 2.33. The van der Waals surface area contributed by atoms with Gasteiger partial charge in [0.25, 0.3) is 0 Å². The minimum Gasteiger partial charge on any atom is -0.476 e. The lowest BCUT2D eigenvalue weighted by atomic mass is 9.92. The van der Waals surface area contributed by atoms with Crippen molar-refractivity contribution in [1.29, 1.82) is 0 Å². The summed E-state index contributed by atoms with van der Waals surface area (Å²) in [7, 11) is 0. The standard InChI is InChI=1S/C12H16ClN3O2/c1-7-4-3-5-16(8(7)2)12-14-6-9(13)10(15-12)11(17)18/h6-8H,3-5H2,1-2H3,(H,17,18). The molecule has 2 atom stereocenters. The van der Waals surface area contributed by atoms with E-state index in [1.807, 2.05) is 0 Å². The highest BCUT2D eigenvalue weighted by Gasteiger charge is 2.27. The maximum Gasteiger partial charge on any atom is 0.356 e. The maximum atomic E-state index is 11.0. The van der Waals surface area contributed by atoms with Crippen LogP contribution in [0.3, 0.4) is 0 Å². The van der Waals surface area contributed by atoms with Crippen LogP contribution < -0.4 is 4.90 Å². The summed E-state index contributed by atoms with van der Waals surface area (Å²) in [6.07, 6.45) is 3.61. The van der Waals surface area contributed by atoms with Gasteiger partial charge in [0, 0.05) is 12.6 Å². The molecular weight excluding hydrogens is 254 g/mol. The Hall–Kier alpha value is -1.36. The van der Waals surface area contributed by atoms with Gasteiger partial charge in [-0.15, -0.1) is 0 Å². The van der Waals surface area contributed by atoms with Gasteiger partial charge in [-0.3, -0.25) is 0 Å². The van der Waals surface area contributed by atoms with Crippen LogP contribution in [0.1, 0.15) is 37.2 Å². The average molecular weight is 270 g/mol. The molecule has 98 valence electrons. The zero-order valence-electron chi connectivity index (χ0n) is 10.4. The van der Waals surface area contributed by atoms with Gasteiger partial charge >= 0.3 is 5.97 Å². The number of piperidine rings is 1. The van der Waals surface area contributed by atoms with Crippen molar-refractivity contribution in [1.82, 2.24) is 9.97 Å². The van der Waals surface area contributed by atoms with Gasteiger partial charge < -0.3 is 10.0 Å². The Morgan fingerprint density at radius 1 is 1.56 bits per heavy atom. The molecule has 0 bridgehead atoms. The van der Waals surface area contributed by atoms with Crippen LogP contribution in [0.5, 0.6) is 0 Å². The SMILES string of the molecule is CC1CCCN(c2ncc(Cl)c(C(=O)O)n2)C1C. The number of carbonyl (C=O) groups is 1. The fourth-order valence-corrected chi connectivity index (χ4v) is 2.44. The van der Waals surface area contributed by atoms with E-state index in [9.17, 15) is 4.79 Å². The first-order chi connectivity index (χ1) is 8.50. The van der Waals surface area contributed by atoms with Crippen molar-refractivity contribution in [2.75, 3.05) is 11.4 Å². The third kappa shape index (κ3) is 2.41. The number of halogens is 1. The molecule has 1 N–H and O–H groups in total. The van der Waals surface area contributed by atoms with Crippen LogP contribution in [0.2, 0.25) is 5.02 Å². The zero-order valence-corrected chi connectivity index (χ0v) is 11.2. The second-order valence-corrected chi connectivity index (χ2v) is 5.13. The van der Waals surface area contributed by atoms with E-state index in [1.54, 1.807) is 0 Å². The molecule has 2 heterocycles. The molecule has 0 radical (unpaired) electrons. The van der Waals surface area contributed by atoms with Crippen LogP contribution in [0.15, 0.2) is 6.20 Å². The molecule has 1 aromatic rings. The normalized spacial score (nSPS) is 24.1. The van der Waals surface area contributed by atoms with Gasteiger partial charge in [-0.05, 0) is 25.7 Å². The summed E-state index contributed by atoms with van der Waals surface area (Å²) in [4.78, 5) is 21.3. The molecule has 0 spiro atoms. The van der Waals surface area contributed by atoms with Gasteiger partial charge in [0.2, 0.25) is 5.95 Å². The molecule has 0 aromatic carbocycles. The van der Waals surface area contributed by atoms with Crippen molar-refractivity contribution >= 4 is 23.5 Å². The van der Waals surface area contributed by atoms with Gasteiger partial charge in [-0.2, -0.15) is 0 Å². The van der Waals surface area contributed by atoms with Crippen molar-refractivity contribution < 1.29 is 9.90 Å². The Labute approximate surface area is 111 Å². The second kappa shape index (κ2) is 5.10. The smallest absolute Gasteiger partial charge is 0.356 e. The van der Waals surface area contributed by atoms with Crippen LogP contribution in [0.25, 0.3) is 0 Å². The van der Waals surface area contributed by atoms with Crippen LogP contribution in [0, 0.1) is 5.92 Å². The van der Waals surface area contributed by atoms with Gasteiger partial charge in [0.1, 0.15) is 0 Å². The molecule has 1 aromatic heterocycles. The summed E-state index contributed by atoms with van der Waals surface area (Å²) in [5.74, 6) is -0.122. The van der Waals surface area contributed by atoms with Gasteiger partial charge in [0.15, 0.2) is 5.69 Å². The van der Waals surface area contributed by atoms with Gasteiger partial charge in [-0.25, -0.2) is 14.8 Å². The molecule has 1 saturated heterocycles. The summed E-state index contributed by atoms with van der Waals surface area (Å²) >= 11 is 5.77. The lowest BCUT2D eigenvalue weighted by Crippen LogP contribution is -2.43. The molecule has 1 aliphatic rings. The number of aromatic carboxylic acids is 1. The summed E-state index contributed by atoms with van der Waals surface area (Å²) < 4.78 is 0. The summed E-state index contributed by atoms with van der Waals surface area (Å²) in [6.45, 7) is 5.15. The molecule has 18 heavy (non-hydrogen) atoms. The molecule has 1 fully saturated rings. The first-order valence-corrected chi connectivity index (χ1v) is 6.41. The number of aromatic nitrogens is 2. The number of nitrogens with zero attached hydrogens (tertiary/aromatic N) is 3. The second-order valence-electron chi connectivity index (χ2n) is 4.73. The maximum absolute atomic E-state index is 11.0. The summed E-state index contributed by atoms with van der Waals surface area (Å²) in [6, 6.07) is 0.307. The zero-order chi connectivity index (χ0) is 13.3. The Balaban J connectivity index is 2.33. The van der Waals surface area contributed by atoms with E-state index in [0.29, 0.717) is 17.9 Å². The molecule has 2 rings (SSSR count). The molecule has 0 amide bonds. The lowest BCUT2D eigenvalue weighted by Gasteiger charge is -2.37. The lowest BCUT2D eigenvalue weighted by molar-refractivity contribution is 0.0690. The van der Waals surface area contributed by atoms with E-state index >= 15 is 0 Å². The van der Waals surface area contributed by atoms with E-state index in [2.05, 4.69) is 28.7 Å². The summed E-state index contributed by atoms with van der Waals surface area (Å²) in [5.41, 5.74) is -0.132. The number of rotatable bonds is 2. The van der Waals surface area contributed by atoms with Crippen molar-refractivity contribution in [3.63, 3.8) is 0 Å². The molecule has 6 heteroatoms. The molecule has 1 aliphatic heterocycles. The fraction of sp³-hybridized carbons (Fsp3) is 0.583. The highest BCUT2D eigenvalue weighted by Crippen LogP contribution is 2.27. The van der Waals surface area contributed by atoms with E-state index in [4.69, 9.17) is 16.7 Å². The highest BCUT2D eigenvalue weighted by molar-refractivity contribution is 6.33. The number of hydrogen-bond donors (Lipinski definition) is 1. The molecular formula is C12H16ClN3O2. The molecule has 0 aliphatic carbocycles. The quantitative estimate of drug-likeness (QED) is 0.893. The van der Waals surface area contributed by atoms with Gasteiger partial charge in [-0.1, -0.05) is 18.5 Å². The highest BCUT2D eigenvalue weighted by atomic mass is 35.5. The number of hydrogen-bond acceptors (Lipinski definition) is 4. The van der Waals surface area contributed by atoms with E-state index < -0.39 is 5.97 Å². The molecule has 2 unspecified atom stereocenters. The Bertz CT molecular complexity index is 467. The van der Waals surface area contributed by atoms with Crippen LogP contribution in [-0.4, -0.2) is 33.6 Å². The van der Waals surface area contributed by atoms with Crippen LogP contribution in [-0.2, 0) is 0 Å².